The van der Waals surface area contributed by atoms with E-state index in [1.165, 1.54) is 0 Å². The van der Waals surface area contributed by atoms with Gasteiger partial charge in [0.15, 0.2) is 0 Å². The zero-order chi connectivity index (χ0) is 24.2. The van der Waals surface area contributed by atoms with Crippen LogP contribution in [0.3, 0.4) is 0 Å². The highest BCUT2D eigenvalue weighted by Gasteiger charge is 2.49. The van der Waals surface area contributed by atoms with Crippen LogP contribution in [0.4, 0.5) is 4.79 Å². The fourth-order valence-corrected chi connectivity index (χ4v) is 4.60. The standard InChI is InChI=1S/C28H20N2O5/c1-28(19-11-10-17-6-2-3-7-18(17)14-19)26(32)30(27(33)29-28)16-25(31)34-20-12-13-24-22(15-20)21-8-4-5-9-23(21)35-24/h2-15H,16H2,1H3,(H,29,33)/t28-/m1/s1. The summed E-state index contributed by atoms with van der Waals surface area (Å²) in [6, 6.07) is 25.4. The minimum Gasteiger partial charge on any atom is -0.456 e. The molecule has 6 rings (SSSR count). The second-order valence-corrected chi connectivity index (χ2v) is 8.74. The van der Waals surface area contributed by atoms with Gasteiger partial charge in [0.25, 0.3) is 5.91 Å². The van der Waals surface area contributed by atoms with Crippen molar-refractivity contribution in [2.24, 2.45) is 0 Å². The minimum absolute atomic E-state index is 0.304. The average molecular weight is 464 g/mol. The first kappa shape index (κ1) is 20.9. The number of carbonyl (C=O) groups excluding carboxylic acids is 3. The van der Waals surface area contributed by atoms with Crippen LogP contribution in [0, 0.1) is 0 Å². The van der Waals surface area contributed by atoms with Crippen molar-refractivity contribution < 1.29 is 23.5 Å². The van der Waals surface area contributed by atoms with Gasteiger partial charge in [0, 0.05) is 10.8 Å². The Balaban J connectivity index is 1.22. The Morgan fingerprint density at radius 3 is 2.49 bits per heavy atom. The van der Waals surface area contributed by atoms with Crippen molar-refractivity contribution in [1.29, 1.82) is 0 Å². The van der Waals surface area contributed by atoms with Crippen LogP contribution in [0.25, 0.3) is 32.7 Å². The maximum Gasteiger partial charge on any atom is 0.331 e. The van der Waals surface area contributed by atoms with E-state index in [0.29, 0.717) is 16.9 Å². The third kappa shape index (κ3) is 3.40. The number of para-hydroxylation sites is 1. The second kappa shape index (κ2) is 7.70. The van der Waals surface area contributed by atoms with Crippen LogP contribution < -0.4 is 10.1 Å². The second-order valence-electron chi connectivity index (χ2n) is 8.74. The highest BCUT2D eigenvalue weighted by atomic mass is 16.5. The van der Waals surface area contributed by atoms with Gasteiger partial charge in [-0.25, -0.2) is 9.59 Å². The van der Waals surface area contributed by atoms with Crippen LogP contribution in [0.5, 0.6) is 5.75 Å². The molecule has 0 unspecified atom stereocenters. The highest BCUT2D eigenvalue weighted by Crippen LogP contribution is 2.33. The van der Waals surface area contributed by atoms with Crippen LogP contribution in [-0.2, 0) is 15.1 Å². The quantitative estimate of drug-likeness (QED) is 0.227. The van der Waals surface area contributed by atoms with Gasteiger partial charge in [0.1, 0.15) is 29.0 Å². The predicted molar refractivity (Wildman–Crippen MR) is 131 cm³/mol. The van der Waals surface area contributed by atoms with E-state index in [1.54, 1.807) is 25.1 Å². The molecule has 2 heterocycles. The number of ether oxygens (including phenoxy) is 1. The number of benzene rings is 4. The molecule has 35 heavy (non-hydrogen) atoms. The van der Waals surface area contributed by atoms with Crippen molar-refractivity contribution >= 4 is 50.6 Å². The summed E-state index contributed by atoms with van der Waals surface area (Å²) >= 11 is 0. The summed E-state index contributed by atoms with van der Waals surface area (Å²) < 4.78 is 11.3. The molecule has 7 nitrogen and oxygen atoms in total. The Hall–Kier alpha value is -4.65. The molecule has 1 aromatic heterocycles. The number of hydrogen-bond donors (Lipinski definition) is 1. The number of carbonyl (C=O) groups is 3. The van der Waals surface area contributed by atoms with Gasteiger partial charge >= 0.3 is 12.0 Å². The van der Waals surface area contributed by atoms with Gasteiger partial charge in [-0.3, -0.25) is 9.69 Å². The normalized spacial score (nSPS) is 17.9. The van der Waals surface area contributed by atoms with Crippen LogP contribution in [0.2, 0.25) is 0 Å². The summed E-state index contributed by atoms with van der Waals surface area (Å²) in [7, 11) is 0. The summed E-state index contributed by atoms with van der Waals surface area (Å²) in [5, 5.41) is 6.43. The summed E-state index contributed by atoms with van der Waals surface area (Å²) in [4.78, 5) is 39.5. The van der Waals surface area contributed by atoms with Crippen LogP contribution in [0.15, 0.2) is 89.3 Å². The number of hydrogen-bond acceptors (Lipinski definition) is 5. The molecule has 1 fully saturated rings. The molecule has 3 amide bonds. The Kier molecular flexibility index (Phi) is 4.60. The van der Waals surface area contributed by atoms with Crippen molar-refractivity contribution in [1.82, 2.24) is 10.2 Å². The molecule has 1 aliphatic rings. The summed E-state index contributed by atoms with van der Waals surface area (Å²) in [6.45, 7) is 1.14. The van der Waals surface area contributed by atoms with Crippen molar-refractivity contribution in [2.75, 3.05) is 6.54 Å². The van der Waals surface area contributed by atoms with Crippen molar-refractivity contribution in [2.45, 2.75) is 12.5 Å². The largest absolute Gasteiger partial charge is 0.456 e. The Morgan fingerprint density at radius 2 is 1.63 bits per heavy atom. The first-order valence-electron chi connectivity index (χ1n) is 11.2. The number of fused-ring (bicyclic) bond motifs is 4. The Bertz CT molecular complexity index is 1670. The van der Waals surface area contributed by atoms with Crippen molar-refractivity contribution in [3.63, 3.8) is 0 Å². The van der Waals surface area contributed by atoms with E-state index in [2.05, 4.69) is 5.32 Å². The lowest BCUT2D eigenvalue weighted by atomic mass is 9.90. The first-order valence-corrected chi connectivity index (χ1v) is 11.2. The van der Waals surface area contributed by atoms with Gasteiger partial charge in [-0.2, -0.15) is 0 Å². The van der Waals surface area contributed by atoms with E-state index in [1.807, 2.05) is 66.7 Å². The average Bonchev–Trinajstić information content (AvgIpc) is 3.34. The van der Waals surface area contributed by atoms with E-state index < -0.39 is 30.0 Å². The van der Waals surface area contributed by atoms with Gasteiger partial charge in [-0.05, 0) is 53.6 Å². The number of nitrogens with zero attached hydrogens (tertiary/aromatic N) is 1. The lowest BCUT2D eigenvalue weighted by Crippen LogP contribution is -2.42. The topological polar surface area (TPSA) is 88.8 Å². The third-order valence-electron chi connectivity index (χ3n) is 6.47. The zero-order valence-corrected chi connectivity index (χ0v) is 18.8. The van der Waals surface area contributed by atoms with Gasteiger partial charge in [-0.15, -0.1) is 0 Å². The van der Waals surface area contributed by atoms with E-state index in [0.717, 1.165) is 32.0 Å². The van der Waals surface area contributed by atoms with Gasteiger partial charge in [0.05, 0.1) is 0 Å². The Labute approximate surface area is 199 Å². The van der Waals surface area contributed by atoms with Crippen LogP contribution in [0.1, 0.15) is 12.5 Å². The molecule has 5 aromatic rings. The molecule has 0 bridgehead atoms. The fourth-order valence-electron chi connectivity index (χ4n) is 4.60. The number of imide groups is 1. The molecule has 4 aromatic carbocycles. The molecule has 0 radical (unpaired) electrons. The van der Waals surface area contributed by atoms with E-state index in [-0.39, 0.29) is 0 Å². The van der Waals surface area contributed by atoms with Gasteiger partial charge < -0.3 is 14.5 Å². The lowest BCUT2D eigenvalue weighted by Gasteiger charge is -2.22. The molecule has 1 saturated heterocycles. The Morgan fingerprint density at radius 1 is 0.886 bits per heavy atom. The maximum absolute atomic E-state index is 13.3. The molecular weight excluding hydrogens is 444 g/mol. The summed E-state index contributed by atoms with van der Waals surface area (Å²) in [6.07, 6.45) is 0. The molecule has 1 atom stereocenters. The molecule has 0 aliphatic carbocycles. The lowest BCUT2D eigenvalue weighted by molar-refractivity contribution is -0.140. The van der Waals surface area contributed by atoms with E-state index in [4.69, 9.17) is 9.15 Å². The molecule has 7 heteroatoms. The van der Waals surface area contributed by atoms with Crippen LogP contribution in [-0.4, -0.2) is 29.4 Å². The number of amides is 3. The van der Waals surface area contributed by atoms with E-state index >= 15 is 0 Å². The molecule has 0 spiro atoms. The fraction of sp³-hybridized carbons (Fsp3) is 0.107. The number of rotatable bonds is 4. The molecule has 1 N–H and O–H groups in total. The molecular formula is C28H20N2O5. The smallest absolute Gasteiger partial charge is 0.331 e. The number of esters is 1. The number of urea groups is 1. The SMILES string of the molecule is C[C@]1(c2ccc3ccccc3c2)NC(=O)N(CC(=O)Oc2ccc3oc4ccccc4c3c2)C1=O. The molecule has 0 saturated carbocycles. The minimum atomic E-state index is -1.28. The number of nitrogens with one attached hydrogen (secondary N) is 1. The molecule has 172 valence electrons. The van der Waals surface area contributed by atoms with Crippen molar-refractivity contribution in [3.8, 4) is 5.75 Å². The molecule has 1 aliphatic heterocycles. The zero-order valence-electron chi connectivity index (χ0n) is 18.8. The van der Waals surface area contributed by atoms with E-state index in [9.17, 15) is 14.4 Å². The summed E-state index contributed by atoms with van der Waals surface area (Å²) in [5.41, 5.74) is 0.767. The van der Waals surface area contributed by atoms with Gasteiger partial charge in [-0.1, -0.05) is 54.6 Å². The number of furan rings is 1. The monoisotopic (exact) mass is 464 g/mol. The predicted octanol–water partition coefficient (Wildman–Crippen LogP) is 5.11. The highest BCUT2D eigenvalue weighted by molar-refractivity contribution is 6.09. The third-order valence-corrected chi connectivity index (χ3v) is 6.47. The van der Waals surface area contributed by atoms with Gasteiger partial charge in [0.2, 0.25) is 0 Å². The van der Waals surface area contributed by atoms with Crippen LogP contribution >= 0.6 is 0 Å². The first-order chi connectivity index (χ1) is 16.9. The maximum atomic E-state index is 13.3. The summed E-state index contributed by atoms with van der Waals surface area (Å²) in [5.74, 6) is -0.923. The van der Waals surface area contributed by atoms with Crippen molar-refractivity contribution in [3.05, 3.63) is 90.5 Å².